The monoisotopic (exact) mass is 240 g/mol. The van der Waals surface area contributed by atoms with Gasteiger partial charge >= 0.3 is 0 Å². The van der Waals surface area contributed by atoms with Gasteiger partial charge in [0.15, 0.2) is 10.3 Å². The lowest BCUT2D eigenvalue weighted by Crippen LogP contribution is -2.29. The fourth-order valence-electron chi connectivity index (χ4n) is 0.694. The number of alkyl halides is 2. The van der Waals surface area contributed by atoms with Crippen molar-refractivity contribution >= 4 is 15.9 Å². The van der Waals surface area contributed by atoms with Crippen molar-refractivity contribution < 1.29 is 18.3 Å². The Morgan fingerprint density at radius 1 is 1.58 bits per heavy atom. The molecule has 0 saturated heterocycles. The molecule has 1 aromatic heterocycles. The first-order chi connectivity index (χ1) is 5.44. The summed E-state index contributed by atoms with van der Waals surface area (Å²) in [6.07, 6.45) is -2.87. The minimum atomic E-state index is -2.87. The third-order valence-electron chi connectivity index (χ3n) is 1.50. The van der Waals surface area contributed by atoms with Crippen molar-refractivity contribution in [3.8, 4) is 0 Å². The molecule has 0 saturated carbocycles. The molecule has 0 aliphatic carbocycles. The Morgan fingerprint density at radius 3 is 2.50 bits per heavy atom. The average Bonchev–Trinajstić information content (AvgIpc) is 2.35. The predicted octanol–water partition coefficient (Wildman–Crippen LogP) is 2.51. The summed E-state index contributed by atoms with van der Waals surface area (Å²) in [6, 6.07) is 2.75. The van der Waals surface area contributed by atoms with Crippen molar-refractivity contribution in [1.29, 1.82) is 0 Å². The summed E-state index contributed by atoms with van der Waals surface area (Å²) < 4.78 is 29.5. The fraction of sp³-hybridized carbons (Fsp3) is 0.429. The molecule has 1 unspecified atom stereocenters. The van der Waals surface area contributed by atoms with Crippen LogP contribution >= 0.6 is 15.9 Å². The summed E-state index contributed by atoms with van der Waals surface area (Å²) in [4.78, 5) is 0. The fourth-order valence-corrected chi connectivity index (χ4v) is 1.00. The summed E-state index contributed by atoms with van der Waals surface area (Å²) in [5.74, 6) is -0.149. The van der Waals surface area contributed by atoms with Gasteiger partial charge in [0, 0.05) is 0 Å². The van der Waals surface area contributed by atoms with Gasteiger partial charge < -0.3 is 9.52 Å². The molecule has 68 valence electrons. The third kappa shape index (κ3) is 1.67. The van der Waals surface area contributed by atoms with Crippen LogP contribution in [0.5, 0.6) is 0 Å². The minimum Gasteiger partial charge on any atom is -0.451 e. The summed E-state index contributed by atoms with van der Waals surface area (Å²) in [6.45, 7) is 1.00. The van der Waals surface area contributed by atoms with E-state index in [9.17, 15) is 13.9 Å². The second-order valence-corrected chi connectivity index (χ2v) is 3.33. The molecule has 0 bridgehead atoms. The summed E-state index contributed by atoms with van der Waals surface area (Å²) in [5, 5.41) is 9.21. The van der Waals surface area contributed by atoms with Gasteiger partial charge in [-0.1, -0.05) is 0 Å². The SMILES string of the molecule is CC(O)(c1ccc(Br)o1)C(F)F. The van der Waals surface area contributed by atoms with E-state index in [2.05, 4.69) is 15.9 Å². The molecular formula is C7H7BrF2O2. The first kappa shape index (κ1) is 9.67. The maximum absolute atomic E-state index is 12.2. The summed E-state index contributed by atoms with van der Waals surface area (Å²) in [7, 11) is 0. The number of furan rings is 1. The Hall–Kier alpha value is -0.420. The van der Waals surface area contributed by atoms with Gasteiger partial charge in [0.1, 0.15) is 5.76 Å². The zero-order valence-corrected chi connectivity index (χ0v) is 7.81. The summed E-state index contributed by atoms with van der Waals surface area (Å²) in [5.41, 5.74) is -2.22. The van der Waals surface area contributed by atoms with Crippen LogP contribution < -0.4 is 0 Å². The molecule has 0 aliphatic heterocycles. The van der Waals surface area contributed by atoms with E-state index in [4.69, 9.17) is 4.42 Å². The van der Waals surface area contributed by atoms with Gasteiger partial charge in [-0.25, -0.2) is 8.78 Å². The standard InChI is InChI=1S/C7H7BrF2O2/c1-7(11,6(9)10)4-2-3-5(8)12-4/h2-3,6,11H,1H3. The van der Waals surface area contributed by atoms with Crippen LogP contribution in [0.25, 0.3) is 0 Å². The Kier molecular flexibility index (Phi) is 2.53. The molecule has 0 spiro atoms. The highest BCUT2D eigenvalue weighted by Crippen LogP contribution is 2.30. The van der Waals surface area contributed by atoms with Crippen LogP contribution in [-0.2, 0) is 5.60 Å². The lowest BCUT2D eigenvalue weighted by atomic mass is 10.1. The highest BCUT2D eigenvalue weighted by molar-refractivity contribution is 9.10. The molecular weight excluding hydrogens is 234 g/mol. The molecule has 5 heteroatoms. The van der Waals surface area contributed by atoms with E-state index in [1.54, 1.807) is 0 Å². The molecule has 1 N–H and O–H groups in total. The van der Waals surface area contributed by atoms with Crippen LogP contribution in [0, 0.1) is 0 Å². The van der Waals surface area contributed by atoms with E-state index >= 15 is 0 Å². The molecule has 0 amide bonds. The van der Waals surface area contributed by atoms with Crippen LogP contribution in [0.2, 0.25) is 0 Å². The molecule has 12 heavy (non-hydrogen) atoms. The van der Waals surface area contributed by atoms with Gasteiger partial charge in [0.2, 0.25) is 0 Å². The highest BCUT2D eigenvalue weighted by atomic mass is 79.9. The molecule has 1 heterocycles. The first-order valence-corrected chi connectivity index (χ1v) is 4.00. The van der Waals surface area contributed by atoms with Crippen molar-refractivity contribution in [2.75, 3.05) is 0 Å². The van der Waals surface area contributed by atoms with Crippen LogP contribution in [0.4, 0.5) is 8.78 Å². The zero-order chi connectivity index (χ0) is 9.35. The number of hydrogen-bond donors (Lipinski definition) is 1. The first-order valence-electron chi connectivity index (χ1n) is 3.21. The van der Waals surface area contributed by atoms with Crippen LogP contribution in [-0.4, -0.2) is 11.5 Å². The second kappa shape index (κ2) is 3.14. The lowest BCUT2D eigenvalue weighted by Gasteiger charge is -2.18. The smallest absolute Gasteiger partial charge is 0.273 e. The molecule has 1 atom stereocenters. The molecule has 0 fully saturated rings. The zero-order valence-electron chi connectivity index (χ0n) is 6.22. The van der Waals surface area contributed by atoms with Crippen molar-refractivity contribution in [1.82, 2.24) is 0 Å². The molecule has 1 rings (SSSR count). The Bertz CT molecular complexity index is 270. The van der Waals surface area contributed by atoms with Gasteiger partial charge in [-0.3, -0.25) is 0 Å². The largest absolute Gasteiger partial charge is 0.451 e. The van der Waals surface area contributed by atoms with E-state index in [0.29, 0.717) is 4.67 Å². The molecule has 0 aliphatic rings. The molecule has 1 aromatic rings. The van der Waals surface area contributed by atoms with E-state index in [1.807, 2.05) is 0 Å². The van der Waals surface area contributed by atoms with Gasteiger partial charge in [-0.05, 0) is 35.0 Å². The van der Waals surface area contributed by atoms with Crippen LogP contribution in [0.1, 0.15) is 12.7 Å². The number of aliphatic hydroxyl groups is 1. The Labute approximate surface area is 76.3 Å². The van der Waals surface area contributed by atoms with Crippen LogP contribution in [0.3, 0.4) is 0 Å². The van der Waals surface area contributed by atoms with Gasteiger partial charge in [-0.15, -0.1) is 0 Å². The minimum absolute atomic E-state index is 0.149. The second-order valence-electron chi connectivity index (χ2n) is 2.55. The van der Waals surface area contributed by atoms with Gasteiger partial charge in [-0.2, -0.15) is 0 Å². The number of halogens is 3. The quantitative estimate of drug-likeness (QED) is 0.862. The Balaban J connectivity index is 2.97. The number of rotatable bonds is 2. The van der Waals surface area contributed by atoms with E-state index < -0.39 is 12.0 Å². The lowest BCUT2D eigenvalue weighted by molar-refractivity contribution is -0.101. The third-order valence-corrected chi connectivity index (χ3v) is 1.92. The van der Waals surface area contributed by atoms with Gasteiger partial charge in [0.05, 0.1) is 0 Å². The predicted molar refractivity (Wildman–Crippen MR) is 42.0 cm³/mol. The molecule has 2 nitrogen and oxygen atoms in total. The van der Waals surface area contributed by atoms with Gasteiger partial charge in [0.25, 0.3) is 6.43 Å². The van der Waals surface area contributed by atoms with Crippen molar-refractivity contribution in [3.05, 3.63) is 22.6 Å². The molecule has 0 aromatic carbocycles. The summed E-state index contributed by atoms with van der Waals surface area (Å²) >= 11 is 2.95. The van der Waals surface area contributed by atoms with Crippen LogP contribution in [0.15, 0.2) is 21.2 Å². The molecule has 0 radical (unpaired) electrons. The Morgan fingerprint density at radius 2 is 2.17 bits per heavy atom. The van der Waals surface area contributed by atoms with Crippen molar-refractivity contribution in [3.63, 3.8) is 0 Å². The van der Waals surface area contributed by atoms with Crippen molar-refractivity contribution in [2.24, 2.45) is 0 Å². The number of hydrogen-bond acceptors (Lipinski definition) is 2. The maximum atomic E-state index is 12.2. The maximum Gasteiger partial charge on any atom is 0.273 e. The topological polar surface area (TPSA) is 33.4 Å². The van der Waals surface area contributed by atoms with E-state index in [-0.39, 0.29) is 5.76 Å². The van der Waals surface area contributed by atoms with Crippen molar-refractivity contribution in [2.45, 2.75) is 19.0 Å². The highest BCUT2D eigenvalue weighted by Gasteiger charge is 2.37. The van der Waals surface area contributed by atoms with E-state index in [0.717, 1.165) is 6.92 Å². The van der Waals surface area contributed by atoms with E-state index in [1.165, 1.54) is 12.1 Å². The average molecular weight is 241 g/mol. The normalized spacial score (nSPS) is 16.5.